The molecule has 0 bridgehead atoms. The lowest BCUT2D eigenvalue weighted by atomic mass is 10.1. The Labute approximate surface area is 121 Å². The second kappa shape index (κ2) is 5.47. The first-order chi connectivity index (χ1) is 10.1. The lowest BCUT2D eigenvalue weighted by molar-refractivity contribution is -0.129. The molecule has 1 aliphatic heterocycles. The largest absolute Gasteiger partial charge is 0.333 e. The lowest BCUT2D eigenvalue weighted by Crippen LogP contribution is -2.30. The zero-order valence-corrected chi connectivity index (χ0v) is 11.7. The van der Waals surface area contributed by atoms with E-state index in [1.165, 1.54) is 6.07 Å². The molecular weight excluding hydrogens is 268 g/mol. The van der Waals surface area contributed by atoms with E-state index >= 15 is 0 Å². The number of hydrogen-bond acceptors (Lipinski definition) is 4. The predicted octanol–water partition coefficient (Wildman–Crippen LogP) is 1.52. The number of amides is 1. The van der Waals surface area contributed by atoms with Gasteiger partial charge in [0.05, 0.1) is 11.7 Å². The van der Waals surface area contributed by atoms with Crippen LogP contribution in [-0.4, -0.2) is 32.3 Å². The van der Waals surface area contributed by atoms with Gasteiger partial charge in [0.2, 0.25) is 5.91 Å². The van der Waals surface area contributed by atoms with Gasteiger partial charge >= 0.3 is 0 Å². The predicted molar refractivity (Wildman–Crippen MR) is 77.5 cm³/mol. The number of rotatable bonds is 2. The van der Waals surface area contributed by atoms with Gasteiger partial charge in [0.1, 0.15) is 5.82 Å². The Kier molecular flexibility index (Phi) is 3.51. The number of likely N-dealkylation sites (tertiary alicyclic amines) is 1. The SMILES string of the molecule is CC(=O)N1CCCC1c1nc(-c2ccncc2)cc(=O)[nH]1. The van der Waals surface area contributed by atoms with Gasteiger partial charge in [0.15, 0.2) is 0 Å². The highest BCUT2D eigenvalue weighted by atomic mass is 16.2. The van der Waals surface area contributed by atoms with Crippen LogP contribution in [0.3, 0.4) is 0 Å². The van der Waals surface area contributed by atoms with E-state index in [0.29, 0.717) is 18.1 Å². The fraction of sp³-hybridized carbons (Fsp3) is 0.333. The first-order valence-electron chi connectivity index (χ1n) is 6.94. The summed E-state index contributed by atoms with van der Waals surface area (Å²) in [5.74, 6) is 0.566. The minimum absolute atomic E-state index is 0.00876. The number of carbonyl (C=O) groups is 1. The maximum absolute atomic E-state index is 11.9. The molecule has 1 N–H and O–H groups in total. The van der Waals surface area contributed by atoms with Gasteiger partial charge in [-0.05, 0) is 25.0 Å². The van der Waals surface area contributed by atoms with Crippen LogP contribution in [0, 0.1) is 0 Å². The van der Waals surface area contributed by atoms with Crippen LogP contribution in [0.4, 0.5) is 0 Å². The molecule has 0 saturated carbocycles. The number of aromatic nitrogens is 3. The Hall–Kier alpha value is -2.50. The summed E-state index contributed by atoms with van der Waals surface area (Å²) in [7, 11) is 0. The van der Waals surface area contributed by atoms with Crippen molar-refractivity contribution in [1.29, 1.82) is 0 Å². The Morgan fingerprint density at radius 3 is 2.86 bits per heavy atom. The summed E-state index contributed by atoms with van der Waals surface area (Å²) < 4.78 is 0. The van der Waals surface area contributed by atoms with Gasteiger partial charge in [0.25, 0.3) is 5.56 Å². The normalized spacial score (nSPS) is 18.0. The summed E-state index contributed by atoms with van der Waals surface area (Å²) in [5.41, 5.74) is 1.23. The van der Waals surface area contributed by atoms with E-state index in [4.69, 9.17) is 0 Å². The number of carbonyl (C=O) groups excluding carboxylic acids is 1. The van der Waals surface area contributed by atoms with Crippen molar-refractivity contribution >= 4 is 5.91 Å². The third kappa shape index (κ3) is 2.69. The number of pyridine rings is 1. The van der Waals surface area contributed by atoms with Crippen LogP contribution < -0.4 is 5.56 Å². The molecule has 0 aromatic carbocycles. The molecular formula is C15H16N4O2. The molecule has 21 heavy (non-hydrogen) atoms. The average Bonchev–Trinajstić information content (AvgIpc) is 2.97. The second-order valence-corrected chi connectivity index (χ2v) is 5.12. The van der Waals surface area contributed by atoms with Gasteiger partial charge in [-0.15, -0.1) is 0 Å². The van der Waals surface area contributed by atoms with Gasteiger partial charge in [-0.3, -0.25) is 14.6 Å². The molecule has 1 saturated heterocycles. The first kappa shape index (κ1) is 13.5. The third-order valence-corrected chi connectivity index (χ3v) is 3.71. The Morgan fingerprint density at radius 2 is 2.14 bits per heavy atom. The third-order valence-electron chi connectivity index (χ3n) is 3.71. The summed E-state index contributed by atoms with van der Waals surface area (Å²) in [6.07, 6.45) is 5.07. The van der Waals surface area contributed by atoms with E-state index in [0.717, 1.165) is 18.4 Å². The maximum atomic E-state index is 11.9. The van der Waals surface area contributed by atoms with Gasteiger partial charge in [-0.2, -0.15) is 0 Å². The van der Waals surface area contributed by atoms with Crippen LogP contribution in [0.2, 0.25) is 0 Å². The highest BCUT2D eigenvalue weighted by Crippen LogP contribution is 2.30. The number of nitrogens with one attached hydrogen (secondary N) is 1. The van der Waals surface area contributed by atoms with Crippen molar-refractivity contribution in [3.05, 3.63) is 46.8 Å². The van der Waals surface area contributed by atoms with E-state index in [2.05, 4.69) is 15.0 Å². The maximum Gasteiger partial charge on any atom is 0.251 e. The van der Waals surface area contributed by atoms with E-state index in [1.54, 1.807) is 24.2 Å². The van der Waals surface area contributed by atoms with E-state index in [-0.39, 0.29) is 17.5 Å². The lowest BCUT2D eigenvalue weighted by Gasteiger charge is -2.22. The van der Waals surface area contributed by atoms with Crippen LogP contribution in [0.5, 0.6) is 0 Å². The van der Waals surface area contributed by atoms with Crippen LogP contribution in [0.1, 0.15) is 31.6 Å². The molecule has 6 nitrogen and oxygen atoms in total. The molecule has 3 heterocycles. The monoisotopic (exact) mass is 284 g/mol. The van der Waals surface area contributed by atoms with Gasteiger partial charge in [-0.1, -0.05) is 0 Å². The van der Waals surface area contributed by atoms with Gasteiger partial charge in [0, 0.05) is 37.5 Å². The standard InChI is InChI=1S/C15H16N4O2/c1-10(20)19-8-2-3-13(19)15-17-12(9-14(21)18-15)11-4-6-16-7-5-11/h4-7,9,13H,2-3,8H2,1H3,(H,17,18,21). The Bertz CT molecular complexity index is 711. The topological polar surface area (TPSA) is 79.0 Å². The molecule has 2 aromatic heterocycles. The minimum Gasteiger partial charge on any atom is -0.333 e. The molecule has 3 rings (SSSR count). The molecule has 1 aliphatic rings. The first-order valence-corrected chi connectivity index (χ1v) is 6.94. The zero-order valence-electron chi connectivity index (χ0n) is 11.7. The smallest absolute Gasteiger partial charge is 0.251 e. The summed E-state index contributed by atoms with van der Waals surface area (Å²) >= 11 is 0. The Morgan fingerprint density at radius 1 is 1.38 bits per heavy atom. The number of H-pyrrole nitrogens is 1. The van der Waals surface area contributed by atoms with Crippen LogP contribution in [0.25, 0.3) is 11.3 Å². The second-order valence-electron chi connectivity index (χ2n) is 5.12. The number of nitrogens with zero attached hydrogens (tertiary/aromatic N) is 3. The molecule has 0 spiro atoms. The average molecular weight is 284 g/mol. The van der Waals surface area contributed by atoms with Crippen molar-refractivity contribution < 1.29 is 4.79 Å². The van der Waals surface area contributed by atoms with Crippen molar-refractivity contribution in [2.75, 3.05) is 6.54 Å². The van der Waals surface area contributed by atoms with Crippen molar-refractivity contribution in [2.24, 2.45) is 0 Å². The van der Waals surface area contributed by atoms with Crippen molar-refractivity contribution in [3.63, 3.8) is 0 Å². The highest BCUT2D eigenvalue weighted by molar-refractivity contribution is 5.74. The summed E-state index contributed by atoms with van der Waals surface area (Å²) in [5, 5.41) is 0. The number of aromatic amines is 1. The molecule has 1 unspecified atom stereocenters. The molecule has 6 heteroatoms. The fourth-order valence-corrected chi connectivity index (χ4v) is 2.73. The number of hydrogen-bond donors (Lipinski definition) is 1. The van der Waals surface area contributed by atoms with Gasteiger partial charge in [-0.25, -0.2) is 4.98 Å². The zero-order chi connectivity index (χ0) is 14.8. The molecule has 1 atom stereocenters. The summed E-state index contributed by atoms with van der Waals surface area (Å²) in [6.45, 7) is 2.26. The van der Waals surface area contributed by atoms with Crippen molar-refractivity contribution in [1.82, 2.24) is 19.9 Å². The fourth-order valence-electron chi connectivity index (χ4n) is 2.73. The van der Waals surface area contributed by atoms with Crippen LogP contribution in [0.15, 0.2) is 35.4 Å². The minimum atomic E-state index is -0.206. The summed E-state index contributed by atoms with van der Waals surface area (Å²) in [6, 6.07) is 4.94. The van der Waals surface area contributed by atoms with E-state index < -0.39 is 0 Å². The Balaban J connectivity index is 2.02. The van der Waals surface area contributed by atoms with Crippen LogP contribution >= 0.6 is 0 Å². The summed E-state index contributed by atoms with van der Waals surface area (Å²) in [4.78, 5) is 36.6. The molecule has 1 amide bonds. The van der Waals surface area contributed by atoms with E-state index in [1.807, 2.05) is 12.1 Å². The highest BCUT2D eigenvalue weighted by Gasteiger charge is 2.29. The molecule has 1 fully saturated rings. The quantitative estimate of drug-likeness (QED) is 0.906. The molecule has 0 radical (unpaired) electrons. The van der Waals surface area contributed by atoms with Gasteiger partial charge < -0.3 is 9.88 Å². The molecule has 0 aliphatic carbocycles. The van der Waals surface area contributed by atoms with Crippen molar-refractivity contribution in [2.45, 2.75) is 25.8 Å². The van der Waals surface area contributed by atoms with Crippen LogP contribution in [-0.2, 0) is 4.79 Å². The van der Waals surface area contributed by atoms with Crippen molar-refractivity contribution in [3.8, 4) is 11.3 Å². The molecule has 108 valence electrons. The van der Waals surface area contributed by atoms with E-state index in [9.17, 15) is 9.59 Å². The molecule has 2 aromatic rings.